The molecule has 66 valence electrons. The Morgan fingerprint density at radius 3 is 2.50 bits per heavy atom. The van der Waals surface area contributed by atoms with E-state index in [1.165, 1.54) is 12.8 Å². The molecule has 0 amide bonds. The van der Waals surface area contributed by atoms with Gasteiger partial charge in [-0.05, 0) is 12.8 Å². The molecule has 0 spiro atoms. The fourth-order valence-corrected chi connectivity index (χ4v) is 1.13. The van der Waals surface area contributed by atoms with Gasteiger partial charge in [0.1, 0.15) is 0 Å². The largest absolute Gasteiger partial charge is 0.339 e. The first kappa shape index (κ1) is 7.77. The van der Waals surface area contributed by atoms with Crippen molar-refractivity contribution < 1.29 is 4.52 Å². The summed E-state index contributed by atoms with van der Waals surface area (Å²) in [6.45, 7) is 6.31. The fourth-order valence-electron chi connectivity index (χ4n) is 1.13. The highest BCUT2D eigenvalue weighted by atomic mass is 16.5. The van der Waals surface area contributed by atoms with Crippen molar-refractivity contribution in [2.24, 2.45) is 0 Å². The van der Waals surface area contributed by atoms with Gasteiger partial charge in [-0.15, -0.1) is 0 Å². The van der Waals surface area contributed by atoms with Crippen molar-refractivity contribution in [3.05, 3.63) is 11.7 Å². The van der Waals surface area contributed by atoms with Crippen molar-refractivity contribution in [2.75, 3.05) is 0 Å². The Balaban J connectivity index is 2.25. The highest BCUT2D eigenvalue weighted by Gasteiger charge is 2.43. The molecule has 12 heavy (non-hydrogen) atoms. The molecule has 0 saturated heterocycles. The second kappa shape index (κ2) is 2.31. The number of hydrogen-bond acceptors (Lipinski definition) is 3. The predicted molar refractivity (Wildman–Crippen MR) is 45.0 cm³/mol. The average molecular weight is 166 g/mol. The molecule has 0 aromatic carbocycles. The molecule has 1 aliphatic rings. The number of nitrogens with zero attached hydrogens (tertiary/aromatic N) is 2. The van der Waals surface area contributed by atoms with E-state index in [2.05, 4.69) is 30.9 Å². The van der Waals surface area contributed by atoms with Crippen LogP contribution in [0.4, 0.5) is 0 Å². The molecule has 0 radical (unpaired) electrons. The zero-order valence-corrected chi connectivity index (χ0v) is 7.79. The highest BCUT2D eigenvalue weighted by molar-refractivity contribution is 5.14. The first-order valence-corrected chi connectivity index (χ1v) is 4.46. The van der Waals surface area contributed by atoms with Gasteiger partial charge in [0.25, 0.3) is 0 Å². The summed E-state index contributed by atoms with van der Waals surface area (Å²) in [5.74, 6) is 2.00. The molecule has 1 saturated carbocycles. The van der Waals surface area contributed by atoms with Gasteiger partial charge in [0, 0.05) is 11.3 Å². The van der Waals surface area contributed by atoms with Crippen LogP contribution < -0.4 is 0 Å². The molecule has 0 aliphatic heterocycles. The van der Waals surface area contributed by atoms with Crippen LogP contribution in [-0.2, 0) is 5.41 Å². The van der Waals surface area contributed by atoms with Crippen LogP contribution in [0.3, 0.4) is 0 Å². The van der Waals surface area contributed by atoms with Crippen LogP contribution in [0.1, 0.15) is 51.2 Å². The van der Waals surface area contributed by atoms with Gasteiger partial charge < -0.3 is 4.52 Å². The van der Waals surface area contributed by atoms with E-state index >= 15 is 0 Å². The number of hydrogen-bond donors (Lipinski definition) is 0. The van der Waals surface area contributed by atoms with Gasteiger partial charge in [0.2, 0.25) is 5.89 Å². The third-order valence-corrected chi connectivity index (χ3v) is 2.48. The van der Waals surface area contributed by atoms with Crippen molar-refractivity contribution in [1.82, 2.24) is 10.1 Å². The van der Waals surface area contributed by atoms with Gasteiger partial charge in [-0.25, -0.2) is 0 Å². The van der Waals surface area contributed by atoms with Gasteiger partial charge >= 0.3 is 0 Å². The average Bonchev–Trinajstić information content (AvgIpc) is 2.61. The lowest BCUT2D eigenvalue weighted by Gasteiger charge is -1.97. The molecule has 0 N–H and O–H groups in total. The predicted octanol–water partition coefficient (Wildman–Crippen LogP) is 2.24. The SMILES string of the molecule is CC(C)c1nc(C2(C)CC2)no1. The molecular formula is C9H14N2O. The Labute approximate surface area is 72.2 Å². The van der Waals surface area contributed by atoms with Crippen LogP contribution in [0.25, 0.3) is 0 Å². The summed E-state index contributed by atoms with van der Waals surface area (Å²) in [7, 11) is 0. The third kappa shape index (κ3) is 1.13. The van der Waals surface area contributed by atoms with Crippen LogP contribution in [-0.4, -0.2) is 10.1 Å². The van der Waals surface area contributed by atoms with E-state index < -0.39 is 0 Å². The van der Waals surface area contributed by atoms with E-state index in [1.54, 1.807) is 0 Å². The summed E-state index contributed by atoms with van der Waals surface area (Å²) in [5.41, 5.74) is 0.233. The molecule has 1 aromatic heterocycles. The van der Waals surface area contributed by atoms with E-state index in [0.29, 0.717) is 5.92 Å². The summed E-state index contributed by atoms with van der Waals surface area (Å²) < 4.78 is 5.13. The summed E-state index contributed by atoms with van der Waals surface area (Å²) in [6, 6.07) is 0. The van der Waals surface area contributed by atoms with Crippen molar-refractivity contribution in [1.29, 1.82) is 0 Å². The first-order valence-electron chi connectivity index (χ1n) is 4.46. The van der Waals surface area contributed by atoms with Gasteiger partial charge in [0.05, 0.1) is 0 Å². The standard InChI is InChI=1S/C9H14N2O/c1-6(2)7-10-8(11-12-7)9(3)4-5-9/h6H,4-5H2,1-3H3. The van der Waals surface area contributed by atoms with Crippen molar-refractivity contribution in [3.63, 3.8) is 0 Å². The van der Waals surface area contributed by atoms with Crippen LogP contribution in [0.15, 0.2) is 4.52 Å². The molecule has 1 fully saturated rings. The van der Waals surface area contributed by atoms with Gasteiger partial charge in [-0.2, -0.15) is 4.98 Å². The Hall–Kier alpha value is -0.860. The second-order valence-corrected chi connectivity index (χ2v) is 4.17. The molecular weight excluding hydrogens is 152 g/mol. The number of rotatable bonds is 2. The number of aromatic nitrogens is 2. The van der Waals surface area contributed by atoms with Gasteiger partial charge in [-0.3, -0.25) is 0 Å². The lowest BCUT2D eigenvalue weighted by atomic mass is 10.1. The molecule has 3 nitrogen and oxygen atoms in total. The maximum atomic E-state index is 5.13. The summed E-state index contributed by atoms with van der Waals surface area (Å²) in [4.78, 5) is 4.37. The zero-order chi connectivity index (χ0) is 8.77. The first-order chi connectivity index (χ1) is 5.62. The van der Waals surface area contributed by atoms with Crippen LogP contribution >= 0.6 is 0 Å². The lowest BCUT2D eigenvalue weighted by Crippen LogP contribution is -2.02. The van der Waals surface area contributed by atoms with E-state index in [9.17, 15) is 0 Å². The van der Waals surface area contributed by atoms with Crippen LogP contribution in [0, 0.1) is 0 Å². The molecule has 0 bridgehead atoms. The normalized spacial score (nSPS) is 20.0. The second-order valence-electron chi connectivity index (χ2n) is 4.17. The van der Waals surface area contributed by atoms with Crippen molar-refractivity contribution in [3.8, 4) is 0 Å². The van der Waals surface area contributed by atoms with E-state index in [-0.39, 0.29) is 5.41 Å². The summed E-state index contributed by atoms with van der Waals surface area (Å²) in [5, 5.41) is 3.99. The van der Waals surface area contributed by atoms with Crippen molar-refractivity contribution >= 4 is 0 Å². The molecule has 1 heterocycles. The Bertz CT molecular complexity index is 286. The minimum Gasteiger partial charge on any atom is -0.339 e. The minimum absolute atomic E-state index is 0.233. The molecule has 1 aromatic rings. The quantitative estimate of drug-likeness (QED) is 0.676. The molecule has 0 unspecified atom stereocenters. The molecule has 0 atom stereocenters. The molecule has 3 heteroatoms. The monoisotopic (exact) mass is 166 g/mol. The summed E-state index contributed by atoms with van der Waals surface area (Å²) in [6.07, 6.45) is 2.40. The Kier molecular flexibility index (Phi) is 1.50. The fraction of sp³-hybridized carbons (Fsp3) is 0.778. The third-order valence-electron chi connectivity index (χ3n) is 2.48. The van der Waals surface area contributed by atoms with E-state index in [1.807, 2.05) is 0 Å². The molecule has 1 aliphatic carbocycles. The van der Waals surface area contributed by atoms with E-state index in [4.69, 9.17) is 4.52 Å². The Morgan fingerprint density at radius 2 is 2.08 bits per heavy atom. The zero-order valence-electron chi connectivity index (χ0n) is 7.79. The van der Waals surface area contributed by atoms with E-state index in [0.717, 1.165) is 11.7 Å². The van der Waals surface area contributed by atoms with Gasteiger partial charge in [-0.1, -0.05) is 25.9 Å². The highest BCUT2D eigenvalue weighted by Crippen LogP contribution is 2.46. The van der Waals surface area contributed by atoms with Crippen molar-refractivity contribution in [2.45, 2.75) is 44.9 Å². The minimum atomic E-state index is 0.233. The maximum absolute atomic E-state index is 5.13. The van der Waals surface area contributed by atoms with Crippen LogP contribution in [0.2, 0.25) is 0 Å². The topological polar surface area (TPSA) is 38.9 Å². The maximum Gasteiger partial charge on any atom is 0.229 e. The molecule has 2 rings (SSSR count). The lowest BCUT2D eigenvalue weighted by molar-refractivity contribution is 0.357. The Morgan fingerprint density at radius 1 is 1.42 bits per heavy atom. The smallest absolute Gasteiger partial charge is 0.229 e. The van der Waals surface area contributed by atoms with Gasteiger partial charge in [0.15, 0.2) is 5.82 Å². The van der Waals surface area contributed by atoms with Crippen LogP contribution in [0.5, 0.6) is 0 Å². The summed E-state index contributed by atoms with van der Waals surface area (Å²) >= 11 is 0.